The third kappa shape index (κ3) is 3.39. The van der Waals surface area contributed by atoms with Crippen LogP contribution in [-0.2, 0) is 9.53 Å². The first-order valence-corrected chi connectivity index (χ1v) is 5.84. The summed E-state index contributed by atoms with van der Waals surface area (Å²) < 4.78 is 17.7. The Kier molecular flexibility index (Phi) is 4.26. The quantitative estimate of drug-likeness (QED) is 0.916. The summed E-state index contributed by atoms with van der Waals surface area (Å²) in [6.45, 7) is -0.00223. The molecule has 0 aromatic heterocycles. The number of para-hydroxylation sites is 1. The molecule has 3 nitrogen and oxygen atoms in total. The SMILES string of the molecule is COCC(=O)Nc1ccccc1-c1ccc(F)cc1. The van der Waals surface area contributed by atoms with Crippen LogP contribution in [0, 0.1) is 5.82 Å². The third-order valence-electron chi connectivity index (χ3n) is 2.63. The van der Waals surface area contributed by atoms with Gasteiger partial charge < -0.3 is 10.1 Å². The number of amides is 1. The van der Waals surface area contributed by atoms with E-state index < -0.39 is 0 Å². The van der Waals surface area contributed by atoms with Crippen molar-refractivity contribution >= 4 is 11.6 Å². The highest BCUT2D eigenvalue weighted by molar-refractivity contribution is 5.96. The zero-order chi connectivity index (χ0) is 13.7. The van der Waals surface area contributed by atoms with E-state index in [9.17, 15) is 9.18 Å². The monoisotopic (exact) mass is 259 g/mol. The number of benzene rings is 2. The van der Waals surface area contributed by atoms with Gasteiger partial charge in [0, 0.05) is 18.4 Å². The van der Waals surface area contributed by atoms with Crippen LogP contribution in [0.15, 0.2) is 48.5 Å². The van der Waals surface area contributed by atoms with Crippen LogP contribution in [0.25, 0.3) is 11.1 Å². The zero-order valence-electron chi connectivity index (χ0n) is 10.5. The summed E-state index contributed by atoms with van der Waals surface area (Å²) >= 11 is 0. The first-order chi connectivity index (χ1) is 9.20. The predicted octanol–water partition coefficient (Wildman–Crippen LogP) is 3.08. The molecule has 0 aliphatic heterocycles. The number of methoxy groups -OCH3 is 1. The van der Waals surface area contributed by atoms with Crippen molar-refractivity contribution in [2.45, 2.75) is 0 Å². The Morgan fingerprint density at radius 2 is 1.84 bits per heavy atom. The smallest absolute Gasteiger partial charge is 0.250 e. The lowest BCUT2D eigenvalue weighted by Crippen LogP contribution is -2.17. The van der Waals surface area contributed by atoms with Gasteiger partial charge in [-0.3, -0.25) is 4.79 Å². The Hall–Kier alpha value is -2.20. The van der Waals surface area contributed by atoms with Crippen molar-refractivity contribution in [3.05, 3.63) is 54.3 Å². The van der Waals surface area contributed by atoms with Gasteiger partial charge in [0.05, 0.1) is 0 Å². The average molecular weight is 259 g/mol. The van der Waals surface area contributed by atoms with Crippen LogP contribution in [0.5, 0.6) is 0 Å². The number of anilines is 1. The molecule has 0 spiro atoms. The van der Waals surface area contributed by atoms with Crippen LogP contribution in [0.3, 0.4) is 0 Å². The van der Waals surface area contributed by atoms with Crippen molar-refractivity contribution < 1.29 is 13.9 Å². The number of hydrogen-bond acceptors (Lipinski definition) is 2. The van der Waals surface area contributed by atoms with Gasteiger partial charge in [0.1, 0.15) is 12.4 Å². The number of halogens is 1. The molecular weight excluding hydrogens is 245 g/mol. The molecular formula is C15H14FNO2. The summed E-state index contributed by atoms with van der Waals surface area (Å²) in [6, 6.07) is 13.5. The molecule has 0 bridgehead atoms. The van der Waals surface area contributed by atoms with E-state index in [4.69, 9.17) is 4.74 Å². The molecule has 0 fully saturated rings. The van der Waals surface area contributed by atoms with Gasteiger partial charge in [0.15, 0.2) is 0 Å². The molecule has 2 aromatic rings. The summed E-state index contributed by atoms with van der Waals surface area (Å²) in [6.07, 6.45) is 0. The summed E-state index contributed by atoms with van der Waals surface area (Å²) in [5.74, 6) is -0.512. The molecule has 1 amide bonds. The standard InChI is InChI=1S/C15H14FNO2/c1-19-10-15(18)17-14-5-3-2-4-13(14)11-6-8-12(16)9-7-11/h2-9H,10H2,1H3,(H,17,18). The second kappa shape index (κ2) is 6.11. The van der Waals surface area contributed by atoms with Crippen LogP contribution in [0.1, 0.15) is 0 Å². The molecule has 0 radical (unpaired) electrons. The first-order valence-electron chi connectivity index (χ1n) is 5.84. The number of carbonyl (C=O) groups is 1. The van der Waals surface area contributed by atoms with Gasteiger partial charge in [-0.25, -0.2) is 4.39 Å². The van der Waals surface area contributed by atoms with E-state index in [0.29, 0.717) is 5.69 Å². The minimum atomic E-state index is -0.287. The third-order valence-corrected chi connectivity index (χ3v) is 2.63. The van der Waals surface area contributed by atoms with Crippen LogP contribution in [-0.4, -0.2) is 19.6 Å². The van der Waals surface area contributed by atoms with Gasteiger partial charge >= 0.3 is 0 Å². The largest absolute Gasteiger partial charge is 0.375 e. The van der Waals surface area contributed by atoms with E-state index in [1.54, 1.807) is 18.2 Å². The summed E-state index contributed by atoms with van der Waals surface area (Å²) in [5, 5.41) is 2.77. The zero-order valence-corrected chi connectivity index (χ0v) is 10.5. The van der Waals surface area contributed by atoms with Crippen LogP contribution in [0.4, 0.5) is 10.1 Å². The first kappa shape index (κ1) is 13.2. The van der Waals surface area contributed by atoms with Gasteiger partial charge in [-0.15, -0.1) is 0 Å². The van der Waals surface area contributed by atoms with E-state index in [-0.39, 0.29) is 18.3 Å². The highest BCUT2D eigenvalue weighted by Crippen LogP contribution is 2.27. The van der Waals surface area contributed by atoms with E-state index in [0.717, 1.165) is 11.1 Å². The van der Waals surface area contributed by atoms with Crippen molar-refractivity contribution in [2.24, 2.45) is 0 Å². The lowest BCUT2D eigenvalue weighted by atomic mass is 10.0. The van der Waals surface area contributed by atoms with Crippen molar-refractivity contribution in [1.29, 1.82) is 0 Å². The Morgan fingerprint density at radius 1 is 1.16 bits per heavy atom. The molecule has 0 aliphatic carbocycles. The van der Waals surface area contributed by atoms with Gasteiger partial charge in [0.2, 0.25) is 5.91 Å². The number of rotatable bonds is 4. The number of ether oxygens (including phenoxy) is 1. The highest BCUT2D eigenvalue weighted by Gasteiger charge is 2.07. The summed E-state index contributed by atoms with van der Waals surface area (Å²) in [4.78, 5) is 11.6. The fourth-order valence-electron chi connectivity index (χ4n) is 1.79. The fourth-order valence-corrected chi connectivity index (χ4v) is 1.79. The van der Waals surface area contributed by atoms with Gasteiger partial charge in [-0.05, 0) is 23.8 Å². The second-order valence-electron chi connectivity index (χ2n) is 4.03. The second-order valence-corrected chi connectivity index (χ2v) is 4.03. The number of carbonyl (C=O) groups excluding carboxylic acids is 1. The molecule has 4 heteroatoms. The molecule has 1 N–H and O–H groups in total. The molecule has 0 unspecified atom stereocenters. The van der Waals surface area contributed by atoms with Crippen molar-refractivity contribution in [3.8, 4) is 11.1 Å². The highest BCUT2D eigenvalue weighted by atomic mass is 19.1. The Morgan fingerprint density at radius 3 is 2.53 bits per heavy atom. The Balaban J connectivity index is 2.30. The lowest BCUT2D eigenvalue weighted by molar-refractivity contribution is -0.119. The summed E-state index contributed by atoms with van der Waals surface area (Å²) in [5.41, 5.74) is 2.36. The average Bonchev–Trinajstić information content (AvgIpc) is 2.41. The molecule has 0 saturated heterocycles. The fraction of sp³-hybridized carbons (Fsp3) is 0.133. The van der Waals surface area contributed by atoms with Crippen LogP contribution in [0.2, 0.25) is 0 Å². The maximum atomic E-state index is 12.9. The van der Waals surface area contributed by atoms with Gasteiger partial charge in [-0.1, -0.05) is 30.3 Å². The maximum Gasteiger partial charge on any atom is 0.250 e. The molecule has 0 atom stereocenters. The normalized spacial score (nSPS) is 10.2. The summed E-state index contributed by atoms with van der Waals surface area (Å²) in [7, 11) is 1.46. The minimum Gasteiger partial charge on any atom is -0.375 e. The number of nitrogens with one attached hydrogen (secondary N) is 1. The van der Waals surface area contributed by atoms with Gasteiger partial charge in [0.25, 0.3) is 0 Å². The molecule has 0 saturated carbocycles. The molecule has 0 heterocycles. The Bertz CT molecular complexity index is 567. The van der Waals surface area contributed by atoms with E-state index in [2.05, 4.69) is 5.32 Å². The topological polar surface area (TPSA) is 38.3 Å². The minimum absolute atomic E-state index is 0.00223. The van der Waals surface area contributed by atoms with E-state index >= 15 is 0 Å². The molecule has 0 aliphatic rings. The van der Waals surface area contributed by atoms with Crippen molar-refractivity contribution in [3.63, 3.8) is 0 Å². The molecule has 2 aromatic carbocycles. The van der Waals surface area contributed by atoms with Crippen LogP contribution >= 0.6 is 0 Å². The lowest BCUT2D eigenvalue weighted by Gasteiger charge is -2.11. The Labute approximate surface area is 111 Å². The van der Waals surface area contributed by atoms with E-state index in [1.807, 2.05) is 18.2 Å². The van der Waals surface area contributed by atoms with Gasteiger partial charge in [-0.2, -0.15) is 0 Å². The predicted molar refractivity (Wildman–Crippen MR) is 72.3 cm³/mol. The molecule has 19 heavy (non-hydrogen) atoms. The number of hydrogen-bond donors (Lipinski definition) is 1. The maximum absolute atomic E-state index is 12.9. The van der Waals surface area contributed by atoms with Crippen molar-refractivity contribution in [2.75, 3.05) is 19.0 Å². The van der Waals surface area contributed by atoms with Crippen LogP contribution < -0.4 is 5.32 Å². The van der Waals surface area contributed by atoms with E-state index in [1.165, 1.54) is 19.2 Å². The molecule has 98 valence electrons. The van der Waals surface area contributed by atoms with Crippen molar-refractivity contribution in [1.82, 2.24) is 0 Å². The molecule has 2 rings (SSSR count).